The molecule has 86 valence electrons. The summed E-state index contributed by atoms with van der Waals surface area (Å²) in [4.78, 5) is 12.6. The van der Waals surface area contributed by atoms with Gasteiger partial charge in [0.05, 0.1) is 12.7 Å². The summed E-state index contributed by atoms with van der Waals surface area (Å²) in [5, 5.41) is 17.9. The van der Waals surface area contributed by atoms with Gasteiger partial charge in [0.1, 0.15) is 6.61 Å². The van der Waals surface area contributed by atoms with Gasteiger partial charge in [0, 0.05) is 12.1 Å². The van der Waals surface area contributed by atoms with Crippen molar-refractivity contribution in [1.29, 1.82) is 0 Å². The van der Waals surface area contributed by atoms with Crippen LogP contribution < -0.4 is 0 Å². The van der Waals surface area contributed by atoms with Crippen LogP contribution in [0.4, 0.5) is 0 Å². The molecular formula is C10H17NO4. The maximum Gasteiger partial charge on any atom is 0.329 e. The predicted octanol–water partition coefficient (Wildman–Crippen LogP) is -0.313. The number of hydrogen-bond acceptors (Lipinski definition) is 4. The summed E-state index contributed by atoms with van der Waals surface area (Å²) >= 11 is 0. The Labute approximate surface area is 88.6 Å². The molecule has 2 aliphatic heterocycles. The maximum atomic E-state index is 10.4. The molecule has 2 aliphatic rings. The number of nitrogens with zero attached hydrogens (tertiary/aromatic N) is 1. The summed E-state index contributed by atoms with van der Waals surface area (Å²) in [7, 11) is 0. The van der Waals surface area contributed by atoms with E-state index in [2.05, 4.69) is 4.90 Å². The molecule has 5 heteroatoms. The third-order valence-electron chi connectivity index (χ3n) is 3.51. The van der Waals surface area contributed by atoms with E-state index >= 15 is 0 Å². The number of carbonyl (C=O) groups is 1. The van der Waals surface area contributed by atoms with E-state index in [0.29, 0.717) is 0 Å². The Hall–Kier alpha value is -0.650. The zero-order chi connectivity index (χ0) is 10.9. The molecule has 2 heterocycles. The summed E-state index contributed by atoms with van der Waals surface area (Å²) in [5.74, 6) is -0.930. The topological polar surface area (TPSA) is 70.0 Å². The van der Waals surface area contributed by atoms with Gasteiger partial charge < -0.3 is 14.9 Å². The molecule has 0 bridgehead atoms. The monoisotopic (exact) mass is 215 g/mol. The number of ether oxygens (including phenoxy) is 1. The fourth-order valence-electron chi connectivity index (χ4n) is 2.79. The van der Waals surface area contributed by atoms with Crippen molar-refractivity contribution in [3.05, 3.63) is 0 Å². The largest absolute Gasteiger partial charge is 0.480 e. The van der Waals surface area contributed by atoms with Gasteiger partial charge in [0.15, 0.2) is 0 Å². The van der Waals surface area contributed by atoms with Crippen molar-refractivity contribution in [2.75, 3.05) is 26.3 Å². The van der Waals surface area contributed by atoms with Crippen molar-refractivity contribution in [3.8, 4) is 0 Å². The highest BCUT2D eigenvalue weighted by atomic mass is 16.5. The highest BCUT2D eigenvalue weighted by Gasteiger charge is 2.48. The Morgan fingerprint density at radius 3 is 3.00 bits per heavy atom. The molecule has 15 heavy (non-hydrogen) atoms. The lowest BCUT2D eigenvalue weighted by Crippen LogP contribution is -2.41. The van der Waals surface area contributed by atoms with Gasteiger partial charge in [0.2, 0.25) is 0 Å². The minimum Gasteiger partial charge on any atom is -0.480 e. The van der Waals surface area contributed by atoms with Crippen molar-refractivity contribution in [2.45, 2.75) is 30.9 Å². The zero-order valence-electron chi connectivity index (χ0n) is 8.69. The van der Waals surface area contributed by atoms with Crippen molar-refractivity contribution in [3.63, 3.8) is 0 Å². The number of aliphatic hydroxyl groups is 1. The second-order valence-electron chi connectivity index (χ2n) is 4.46. The molecule has 2 fully saturated rings. The van der Waals surface area contributed by atoms with Gasteiger partial charge in [-0.05, 0) is 25.8 Å². The fraction of sp³-hybridized carbons (Fsp3) is 0.900. The summed E-state index contributed by atoms with van der Waals surface area (Å²) in [5.41, 5.74) is -0.122. The van der Waals surface area contributed by atoms with E-state index < -0.39 is 5.97 Å². The lowest BCUT2D eigenvalue weighted by molar-refractivity contribution is -0.144. The average Bonchev–Trinajstić information content (AvgIpc) is 2.70. The van der Waals surface area contributed by atoms with Gasteiger partial charge in [-0.15, -0.1) is 0 Å². The number of rotatable bonds is 4. The molecule has 2 saturated heterocycles. The first-order valence-corrected chi connectivity index (χ1v) is 5.36. The maximum absolute atomic E-state index is 10.4. The average molecular weight is 215 g/mol. The summed E-state index contributed by atoms with van der Waals surface area (Å²) in [6, 6.07) is 0. The Morgan fingerprint density at radius 2 is 2.40 bits per heavy atom. The molecule has 0 aromatic carbocycles. The van der Waals surface area contributed by atoms with Crippen LogP contribution in [0.5, 0.6) is 0 Å². The Morgan fingerprint density at radius 1 is 1.60 bits per heavy atom. The van der Waals surface area contributed by atoms with Crippen LogP contribution in [0, 0.1) is 0 Å². The van der Waals surface area contributed by atoms with E-state index in [9.17, 15) is 9.90 Å². The predicted molar refractivity (Wildman–Crippen MR) is 52.6 cm³/mol. The Kier molecular flexibility index (Phi) is 2.95. The van der Waals surface area contributed by atoms with Crippen LogP contribution in [0.2, 0.25) is 0 Å². The molecule has 0 aromatic rings. The van der Waals surface area contributed by atoms with Crippen LogP contribution in [0.3, 0.4) is 0 Å². The SMILES string of the molecule is O=C(O)COC1CN2CCCC2(CO)C1. The highest BCUT2D eigenvalue weighted by Crippen LogP contribution is 2.39. The van der Waals surface area contributed by atoms with Crippen LogP contribution in [-0.2, 0) is 9.53 Å². The molecule has 5 nitrogen and oxygen atoms in total. The number of carboxylic acid groups (broad SMARTS) is 1. The van der Waals surface area contributed by atoms with Crippen molar-refractivity contribution < 1.29 is 19.7 Å². The number of aliphatic carboxylic acids is 1. The van der Waals surface area contributed by atoms with E-state index in [-0.39, 0.29) is 24.9 Å². The van der Waals surface area contributed by atoms with Crippen molar-refractivity contribution >= 4 is 5.97 Å². The van der Waals surface area contributed by atoms with E-state index in [1.165, 1.54) is 0 Å². The molecule has 2 rings (SSSR count). The molecule has 2 N–H and O–H groups in total. The lowest BCUT2D eigenvalue weighted by atomic mass is 9.94. The number of aliphatic hydroxyl groups excluding tert-OH is 1. The lowest BCUT2D eigenvalue weighted by Gasteiger charge is -2.28. The smallest absolute Gasteiger partial charge is 0.329 e. The third-order valence-corrected chi connectivity index (χ3v) is 3.51. The Bertz CT molecular complexity index is 258. The van der Waals surface area contributed by atoms with Gasteiger partial charge in [0.25, 0.3) is 0 Å². The standard InChI is InChI=1S/C10H17NO4/c12-7-10-2-1-3-11(10)5-8(4-10)15-6-9(13)14/h8,12H,1-7H2,(H,13,14). The second kappa shape index (κ2) is 4.08. The first kappa shape index (κ1) is 10.9. The van der Waals surface area contributed by atoms with E-state index in [4.69, 9.17) is 9.84 Å². The zero-order valence-corrected chi connectivity index (χ0v) is 8.69. The van der Waals surface area contributed by atoms with Gasteiger partial charge in [-0.25, -0.2) is 4.79 Å². The minimum atomic E-state index is -0.930. The molecule has 0 spiro atoms. The van der Waals surface area contributed by atoms with Crippen molar-refractivity contribution in [2.24, 2.45) is 0 Å². The first-order valence-electron chi connectivity index (χ1n) is 5.36. The Balaban J connectivity index is 1.90. The molecule has 0 radical (unpaired) electrons. The number of fused-ring (bicyclic) bond motifs is 1. The molecular weight excluding hydrogens is 198 g/mol. The molecule has 0 aliphatic carbocycles. The van der Waals surface area contributed by atoms with Gasteiger partial charge in [-0.1, -0.05) is 0 Å². The fourth-order valence-corrected chi connectivity index (χ4v) is 2.79. The molecule has 0 aromatic heterocycles. The summed E-state index contributed by atoms with van der Waals surface area (Å²) in [6.07, 6.45) is 2.84. The van der Waals surface area contributed by atoms with E-state index in [1.54, 1.807) is 0 Å². The van der Waals surface area contributed by atoms with Crippen molar-refractivity contribution in [1.82, 2.24) is 4.90 Å². The quantitative estimate of drug-likeness (QED) is 0.673. The van der Waals surface area contributed by atoms with E-state index in [1.807, 2.05) is 0 Å². The van der Waals surface area contributed by atoms with Crippen LogP contribution >= 0.6 is 0 Å². The molecule has 0 amide bonds. The molecule has 2 atom stereocenters. The number of carboxylic acids is 1. The molecule has 2 unspecified atom stereocenters. The number of hydrogen-bond donors (Lipinski definition) is 2. The van der Waals surface area contributed by atoms with Crippen LogP contribution in [-0.4, -0.2) is 59.0 Å². The first-order chi connectivity index (χ1) is 7.16. The van der Waals surface area contributed by atoms with E-state index in [0.717, 1.165) is 32.4 Å². The molecule has 0 saturated carbocycles. The minimum absolute atomic E-state index is 0.0338. The van der Waals surface area contributed by atoms with Gasteiger partial charge in [-0.2, -0.15) is 0 Å². The third kappa shape index (κ3) is 2.00. The highest BCUT2D eigenvalue weighted by molar-refractivity contribution is 5.68. The van der Waals surface area contributed by atoms with Crippen LogP contribution in [0.15, 0.2) is 0 Å². The second-order valence-corrected chi connectivity index (χ2v) is 4.46. The van der Waals surface area contributed by atoms with Crippen LogP contribution in [0.1, 0.15) is 19.3 Å². The summed E-state index contributed by atoms with van der Waals surface area (Å²) in [6.45, 7) is 1.67. The summed E-state index contributed by atoms with van der Waals surface area (Å²) < 4.78 is 5.28. The van der Waals surface area contributed by atoms with Gasteiger partial charge in [-0.3, -0.25) is 4.90 Å². The van der Waals surface area contributed by atoms with Crippen LogP contribution in [0.25, 0.3) is 0 Å². The normalized spacial score (nSPS) is 35.7. The van der Waals surface area contributed by atoms with Gasteiger partial charge >= 0.3 is 5.97 Å².